The van der Waals surface area contributed by atoms with E-state index in [1.165, 1.54) is 12.1 Å². The summed E-state index contributed by atoms with van der Waals surface area (Å²) in [6.45, 7) is 1.19. The highest BCUT2D eigenvalue weighted by atomic mass is 19.4. The molecule has 0 amide bonds. The zero-order valence-corrected chi connectivity index (χ0v) is 11.8. The van der Waals surface area contributed by atoms with Crippen LogP contribution in [0.25, 0.3) is 0 Å². The van der Waals surface area contributed by atoms with Crippen LogP contribution in [0.5, 0.6) is 5.75 Å². The number of nitrogens with two attached hydrogens (primary N) is 1. The number of hydrogen-bond donors (Lipinski definition) is 2. The van der Waals surface area contributed by atoms with E-state index in [9.17, 15) is 18.3 Å². The van der Waals surface area contributed by atoms with Crippen molar-refractivity contribution in [2.45, 2.75) is 18.2 Å². The van der Waals surface area contributed by atoms with Crippen LogP contribution in [-0.2, 0) is 11.2 Å². The first-order chi connectivity index (χ1) is 10.4. The summed E-state index contributed by atoms with van der Waals surface area (Å²) in [7, 11) is 0. The van der Waals surface area contributed by atoms with E-state index < -0.39 is 24.8 Å². The first-order valence-corrected chi connectivity index (χ1v) is 6.98. The van der Waals surface area contributed by atoms with Crippen molar-refractivity contribution in [1.29, 1.82) is 0 Å². The Morgan fingerprint density at radius 3 is 2.55 bits per heavy atom. The molecule has 2 heterocycles. The van der Waals surface area contributed by atoms with E-state index in [4.69, 9.17) is 15.2 Å². The Labute approximate surface area is 125 Å². The fourth-order valence-electron chi connectivity index (χ4n) is 2.83. The summed E-state index contributed by atoms with van der Waals surface area (Å²) in [5.74, 6) is 0.127. The minimum Gasteiger partial charge on any atom is -0.475 e. The monoisotopic (exact) mass is 318 g/mol. The van der Waals surface area contributed by atoms with Crippen molar-refractivity contribution in [2.24, 2.45) is 0 Å². The number of nitrogen functional groups attached to an aromatic ring is 1. The van der Waals surface area contributed by atoms with Crippen molar-refractivity contribution in [3.63, 3.8) is 0 Å². The fraction of sp³-hybridized carbons (Fsp3) is 0.571. The molecule has 1 fully saturated rings. The van der Waals surface area contributed by atoms with Gasteiger partial charge in [-0.3, -0.25) is 0 Å². The van der Waals surface area contributed by atoms with Gasteiger partial charge in [0, 0.05) is 31.1 Å². The summed E-state index contributed by atoms with van der Waals surface area (Å²) in [4.78, 5) is 1.95. The average molecular weight is 318 g/mol. The lowest BCUT2D eigenvalue weighted by molar-refractivity contribution is -0.252. The minimum absolute atomic E-state index is 0.127. The lowest BCUT2D eigenvalue weighted by atomic mass is 9.97. The first-order valence-electron chi connectivity index (χ1n) is 6.98. The molecule has 3 N–H and O–H groups in total. The van der Waals surface area contributed by atoms with Gasteiger partial charge in [-0.25, -0.2) is 0 Å². The molecule has 0 aromatic heterocycles. The smallest absolute Gasteiger partial charge is 0.430 e. The molecule has 0 bridgehead atoms. The van der Waals surface area contributed by atoms with Crippen molar-refractivity contribution in [2.75, 3.05) is 43.5 Å². The Bertz CT molecular complexity index is 573. The number of rotatable bonds is 2. The second-order valence-corrected chi connectivity index (χ2v) is 5.55. The number of anilines is 2. The van der Waals surface area contributed by atoms with Gasteiger partial charge in [-0.05, 0) is 6.07 Å². The molecule has 0 radical (unpaired) electrons. The summed E-state index contributed by atoms with van der Waals surface area (Å²) < 4.78 is 49.9. The second-order valence-electron chi connectivity index (χ2n) is 5.55. The number of fused-ring (bicyclic) bond motifs is 1. The molecule has 1 aromatic carbocycles. The van der Waals surface area contributed by atoms with Crippen LogP contribution in [0.3, 0.4) is 0 Å². The van der Waals surface area contributed by atoms with E-state index in [0.29, 0.717) is 43.2 Å². The van der Waals surface area contributed by atoms with E-state index in [0.717, 1.165) is 0 Å². The lowest BCUT2D eigenvalue weighted by Gasteiger charge is -2.30. The van der Waals surface area contributed by atoms with Crippen molar-refractivity contribution in [3.05, 3.63) is 17.7 Å². The molecule has 8 heteroatoms. The number of aliphatic hydroxyl groups is 1. The van der Waals surface area contributed by atoms with Gasteiger partial charge in [-0.1, -0.05) is 0 Å². The molecule has 1 aromatic rings. The molecule has 3 rings (SSSR count). The van der Waals surface area contributed by atoms with Gasteiger partial charge in [0.1, 0.15) is 5.75 Å². The number of morpholine rings is 1. The molecule has 0 aliphatic carbocycles. The molecule has 1 atom stereocenters. The van der Waals surface area contributed by atoms with Crippen molar-refractivity contribution in [3.8, 4) is 5.75 Å². The predicted molar refractivity (Wildman–Crippen MR) is 74.1 cm³/mol. The Morgan fingerprint density at radius 2 is 1.95 bits per heavy atom. The number of halogens is 3. The van der Waals surface area contributed by atoms with Gasteiger partial charge >= 0.3 is 6.18 Å². The molecule has 0 saturated carbocycles. The number of ether oxygens (including phenoxy) is 2. The molecule has 1 unspecified atom stereocenters. The van der Waals surface area contributed by atoms with Gasteiger partial charge in [0.15, 0.2) is 0 Å². The Kier molecular flexibility index (Phi) is 3.60. The Hall–Kier alpha value is -1.67. The summed E-state index contributed by atoms with van der Waals surface area (Å²) in [6.07, 6.45) is -5.09. The Morgan fingerprint density at radius 1 is 1.27 bits per heavy atom. The van der Waals surface area contributed by atoms with Gasteiger partial charge in [0.2, 0.25) is 5.60 Å². The zero-order valence-electron chi connectivity index (χ0n) is 11.8. The zero-order chi connectivity index (χ0) is 16.0. The number of aliphatic hydroxyl groups excluding tert-OH is 1. The molecule has 122 valence electrons. The number of nitrogens with zero attached hydrogens (tertiary/aromatic N) is 1. The molecular formula is C14H17F3N2O3. The first kappa shape index (κ1) is 15.2. The van der Waals surface area contributed by atoms with Crippen LogP contribution < -0.4 is 15.4 Å². The minimum atomic E-state index is -4.66. The van der Waals surface area contributed by atoms with E-state index in [2.05, 4.69) is 0 Å². The fourth-order valence-corrected chi connectivity index (χ4v) is 2.83. The SMILES string of the molecule is Nc1cc2c(cc1N1CCOCC1)OC(CO)(C(F)(F)F)C2. The maximum absolute atomic E-state index is 13.2. The highest BCUT2D eigenvalue weighted by Crippen LogP contribution is 2.46. The lowest BCUT2D eigenvalue weighted by Crippen LogP contribution is -2.52. The van der Waals surface area contributed by atoms with Gasteiger partial charge in [-0.15, -0.1) is 0 Å². The van der Waals surface area contributed by atoms with E-state index in [1.807, 2.05) is 4.90 Å². The summed E-state index contributed by atoms with van der Waals surface area (Å²) >= 11 is 0. The number of benzene rings is 1. The number of alkyl halides is 3. The number of hydrogen-bond acceptors (Lipinski definition) is 5. The van der Waals surface area contributed by atoms with Crippen LogP contribution in [0, 0.1) is 0 Å². The third-order valence-corrected chi connectivity index (χ3v) is 4.11. The molecule has 2 aliphatic rings. The van der Waals surface area contributed by atoms with Gasteiger partial charge in [0.05, 0.1) is 31.2 Å². The molecule has 0 spiro atoms. The topological polar surface area (TPSA) is 68.0 Å². The van der Waals surface area contributed by atoms with Crippen LogP contribution in [0.4, 0.5) is 24.5 Å². The van der Waals surface area contributed by atoms with Gasteiger partial charge < -0.3 is 25.2 Å². The van der Waals surface area contributed by atoms with Crippen LogP contribution in [0.15, 0.2) is 12.1 Å². The molecule has 2 aliphatic heterocycles. The summed E-state index contributed by atoms with van der Waals surface area (Å²) in [5, 5.41) is 9.21. The maximum Gasteiger partial charge on any atom is 0.430 e. The molecule has 1 saturated heterocycles. The van der Waals surface area contributed by atoms with Gasteiger partial charge in [0.25, 0.3) is 0 Å². The molecule has 22 heavy (non-hydrogen) atoms. The quantitative estimate of drug-likeness (QED) is 0.806. The van der Waals surface area contributed by atoms with Crippen molar-refractivity contribution in [1.82, 2.24) is 0 Å². The summed E-state index contributed by atoms with van der Waals surface area (Å²) in [5.41, 5.74) is 4.81. The standard InChI is InChI=1S/C14H17F3N2O3/c15-14(16,17)13(8-20)7-9-5-10(18)11(6-12(9)22-13)19-1-3-21-4-2-19/h5-6,20H,1-4,7-8,18H2. The second kappa shape index (κ2) is 5.20. The highest BCUT2D eigenvalue weighted by Gasteiger charge is 2.60. The van der Waals surface area contributed by atoms with E-state index in [1.54, 1.807) is 0 Å². The van der Waals surface area contributed by atoms with Crippen LogP contribution in [0.1, 0.15) is 5.56 Å². The normalized spacial score (nSPS) is 25.0. The van der Waals surface area contributed by atoms with Crippen LogP contribution in [-0.4, -0.2) is 49.8 Å². The molecule has 5 nitrogen and oxygen atoms in total. The summed E-state index contributed by atoms with van der Waals surface area (Å²) in [6, 6.07) is 3.03. The average Bonchev–Trinajstić information content (AvgIpc) is 2.86. The van der Waals surface area contributed by atoms with E-state index in [-0.39, 0.29) is 5.75 Å². The maximum atomic E-state index is 13.2. The van der Waals surface area contributed by atoms with Gasteiger partial charge in [-0.2, -0.15) is 13.2 Å². The molecular weight excluding hydrogens is 301 g/mol. The largest absolute Gasteiger partial charge is 0.475 e. The predicted octanol–water partition coefficient (Wildman–Crippen LogP) is 1.33. The van der Waals surface area contributed by atoms with Crippen molar-refractivity contribution >= 4 is 11.4 Å². The Balaban J connectivity index is 1.94. The van der Waals surface area contributed by atoms with Crippen LogP contribution >= 0.6 is 0 Å². The third-order valence-electron chi connectivity index (χ3n) is 4.11. The van der Waals surface area contributed by atoms with E-state index >= 15 is 0 Å². The highest BCUT2D eigenvalue weighted by molar-refractivity contribution is 5.72. The van der Waals surface area contributed by atoms with Crippen molar-refractivity contribution < 1.29 is 27.8 Å². The third kappa shape index (κ3) is 2.36. The van der Waals surface area contributed by atoms with Crippen LogP contribution in [0.2, 0.25) is 0 Å².